The Morgan fingerprint density at radius 1 is 1.37 bits per heavy atom. The summed E-state index contributed by atoms with van der Waals surface area (Å²) in [5.41, 5.74) is 1.40. The monoisotopic (exact) mass is 259 g/mol. The minimum absolute atomic E-state index is 0.0717. The number of anilines is 1. The molecule has 1 aromatic heterocycles. The Kier molecular flexibility index (Phi) is 4.30. The quantitative estimate of drug-likeness (QED) is 0.787. The molecule has 19 heavy (non-hydrogen) atoms. The third kappa shape index (κ3) is 3.20. The molecular weight excluding hydrogens is 242 g/mol. The first kappa shape index (κ1) is 13.3. The average Bonchev–Trinajstić information content (AvgIpc) is 2.45. The second-order valence-corrected chi connectivity index (χ2v) is 4.27. The predicted octanol–water partition coefficient (Wildman–Crippen LogP) is 2.13. The number of carbonyl (C=O) groups excluding carboxylic acids is 1. The molecule has 3 N–H and O–H groups in total. The number of nitrogens with one attached hydrogen (secondary N) is 2. The van der Waals surface area contributed by atoms with Crippen LogP contribution in [0.2, 0.25) is 0 Å². The van der Waals surface area contributed by atoms with Crippen molar-refractivity contribution in [1.82, 2.24) is 10.3 Å². The second-order valence-electron chi connectivity index (χ2n) is 4.27. The van der Waals surface area contributed by atoms with Gasteiger partial charge in [-0.05, 0) is 18.6 Å². The van der Waals surface area contributed by atoms with Crippen LogP contribution in [0.3, 0.4) is 0 Å². The largest absolute Gasteiger partial charge is 0.394 e. The van der Waals surface area contributed by atoms with E-state index in [0.29, 0.717) is 12.1 Å². The van der Waals surface area contributed by atoms with Gasteiger partial charge in [-0.25, -0.2) is 4.79 Å². The first-order chi connectivity index (χ1) is 9.24. The number of hydrogen-bond acceptors (Lipinski definition) is 3. The number of aliphatic hydroxyl groups excluding tert-OH is 1. The lowest BCUT2D eigenvalue weighted by Gasteiger charge is -2.15. The highest BCUT2D eigenvalue weighted by molar-refractivity contribution is 5.99. The smallest absolute Gasteiger partial charge is 0.319 e. The minimum Gasteiger partial charge on any atom is -0.394 e. The van der Waals surface area contributed by atoms with Crippen molar-refractivity contribution in [3.05, 3.63) is 36.5 Å². The normalized spacial score (nSPS) is 12.1. The maximum Gasteiger partial charge on any atom is 0.319 e. The lowest BCUT2D eigenvalue weighted by atomic mass is 10.2. The van der Waals surface area contributed by atoms with Gasteiger partial charge in [0, 0.05) is 11.6 Å². The van der Waals surface area contributed by atoms with Crippen LogP contribution in [0.1, 0.15) is 13.3 Å². The predicted molar refractivity (Wildman–Crippen MR) is 75.1 cm³/mol. The van der Waals surface area contributed by atoms with Gasteiger partial charge in [-0.3, -0.25) is 4.98 Å². The maximum atomic E-state index is 11.8. The summed E-state index contributed by atoms with van der Waals surface area (Å²) in [6.45, 7) is 1.83. The molecule has 0 aliphatic heterocycles. The van der Waals surface area contributed by atoms with E-state index in [1.54, 1.807) is 12.3 Å². The first-order valence-corrected chi connectivity index (χ1v) is 6.26. The zero-order valence-electron chi connectivity index (χ0n) is 10.8. The van der Waals surface area contributed by atoms with Crippen LogP contribution in [0.15, 0.2) is 36.5 Å². The van der Waals surface area contributed by atoms with Gasteiger partial charge in [-0.2, -0.15) is 0 Å². The van der Waals surface area contributed by atoms with E-state index in [1.165, 1.54) is 0 Å². The molecule has 0 unspecified atom stereocenters. The molecule has 2 rings (SSSR count). The highest BCUT2D eigenvalue weighted by Gasteiger charge is 2.10. The van der Waals surface area contributed by atoms with Crippen molar-refractivity contribution in [3.8, 4) is 0 Å². The van der Waals surface area contributed by atoms with Crippen molar-refractivity contribution in [2.45, 2.75) is 19.4 Å². The number of benzene rings is 1. The SMILES string of the molecule is CC[C@@H](CO)NC(=O)Nc1cccc2cccnc12. The van der Waals surface area contributed by atoms with Crippen LogP contribution in [0.25, 0.3) is 10.9 Å². The van der Waals surface area contributed by atoms with Crippen molar-refractivity contribution >= 4 is 22.6 Å². The van der Waals surface area contributed by atoms with Crippen LogP contribution in [0.4, 0.5) is 10.5 Å². The molecule has 0 saturated carbocycles. The molecule has 0 radical (unpaired) electrons. The van der Waals surface area contributed by atoms with E-state index in [-0.39, 0.29) is 18.7 Å². The molecular formula is C14H17N3O2. The third-order valence-corrected chi connectivity index (χ3v) is 2.93. The highest BCUT2D eigenvalue weighted by Crippen LogP contribution is 2.20. The van der Waals surface area contributed by atoms with Crippen LogP contribution < -0.4 is 10.6 Å². The summed E-state index contributed by atoms with van der Waals surface area (Å²) >= 11 is 0. The summed E-state index contributed by atoms with van der Waals surface area (Å²) < 4.78 is 0. The molecule has 1 aromatic carbocycles. The number of urea groups is 1. The van der Waals surface area contributed by atoms with E-state index in [9.17, 15) is 4.79 Å². The zero-order valence-corrected chi connectivity index (χ0v) is 10.8. The van der Waals surface area contributed by atoms with E-state index in [0.717, 1.165) is 10.9 Å². The lowest BCUT2D eigenvalue weighted by molar-refractivity contribution is 0.222. The zero-order chi connectivity index (χ0) is 13.7. The molecule has 0 spiro atoms. The number of hydrogen-bond donors (Lipinski definition) is 3. The molecule has 0 bridgehead atoms. The standard InChI is InChI=1S/C14H17N3O2/c1-2-11(9-18)16-14(19)17-12-7-3-5-10-6-4-8-15-13(10)12/h3-8,11,18H,2,9H2,1H3,(H2,16,17,19)/t11-/m0/s1. The Morgan fingerprint density at radius 3 is 2.89 bits per heavy atom. The Labute approximate surface area is 111 Å². The fourth-order valence-corrected chi connectivity index (χ4v) is 1.83. The van der Waals surface area contributed by atoms with Gasteiger partial charge in [0.15, 0.2) is 0 Å². The number of aliphatic hydroxyl groups is 1. The number of nitrogens with zero attached hydrogens (tertiary/aromatic N) is 1. The van der Waals surface area contributed by atoms with Gasteiger partial charge in [0.05, 0.1) is 23.9 Å². The van der Waals surface area contributed by atoms with E-state index in [2.05, 4.69) is 15.6 Å². The maximum absolute atomic E-state index is 11.8. The van der Waals surface area contributed by atoms with E-state index >= 15 is 0 Å². The molecule has 2 aromatic rings. The van der Waals surface area contributed by atoms with E-state index in [1.807, 2.05) is 31.2 Å². The van der Waals surface area contributed by atoms with Gasteiger partial charge in [-0.15, -0.1) is 0 Å². The van der Waals surface area contributed by atoms with Crippen molar-refractivity contribution in [2.75, 3.05) is 11.9 Å². The number of aromatic nitrogens is 1. The summed E-state index contributed by atoms with van der Waals surface area (Å²) in [5, 5.41) is 15.5. The molecule has 5 nitrogen and oxygen atoms in total. The topological polar surface area (TPSA) is 74.2 Å². The fourth-order valence-electron chi connectivity index (χ4n) is 1.83. The van der Waals surface area contributed by atoms with Gasteiger partial charge in [0.25, 0.3) is 0 Å². The van der Waals surface area contributed by atoms with Gasteiger partial charge < -0.3 is 15.7 Å². The molecule has 0 aliphatic carbocycles. The van der Waals surface area contributed by atoms with Crippen molar-refractivity contribution in [2.24, 2.45) is 0 Å². The number of amides is 2. The fraction of sp³-hybridized carbons (Fsp3) is 0.286. The lowest BCUT2D eigenvalue weighted by Crippen LogP contribution is -2.39. The van der Waals surface area contributed by atoms with Crippen molar-refractivity contribution in [1.29, 1.82) is 0 Å². The molecule has 2 amide bonds. The van der Waals surface area contributed by atoms with E-state index < -0.39 is 0 Å². The molecule has 100 valence electrons. The summed E-state index contributed by atoms with van der Waals surface area (Å²) in [6.07, 6.45) is 2.37. The van der Waals surface area contributed by atoms with Crippen molar-refractivity contribution < 1.29 is 9.90 Å². The first-order valence-electron chi connectivity index (χ1n) is 6.26. The van der Waals surface area contributed by atoms with Gasteiger partial charge in [0.1, 0.15) is 0 Å². The second kappa shape index (κ2) is 6.15. The third-order valence-electron chi connectivity index (χ3n) is 2.93. The summed E-state index contributed by atoms with van der Waals surface area (Å²) in [6, 6.07) is 8.83. The number of carbonyl (C=O) groups is 1. The average molecular weight is 259 g/mol. The molecule has 0 fully saturated rings. The molecule has 5 heteroatoms. The molecule has 1 heterocycles. The number of fused-ring (bicyclic) bond motifs is 1. The Bertz CT molecular complexity index is 562. The summed E-state index contributed by atoms with van der Waals surface area (Å²) in [4.78, 5) is 16.1. The minimum atomic E-state index is -0.334. The molecule has 0 saturated heterocycles. The summed E-state index contributed by atoms with van der Waals surface area (Å²) in [7, 11) is 0. The van der Waals surface area contributed by atoms with Gasteiger partial charge in [0.2, 0.25) is 0 Å². The highest BCUT2D eigenvalue weighted by atomic mass is 16.3. The number of rotatable bonds is 4. The Hall–Kier alpha value is -2.14. The molecule has 1 atom stereocenters. The Morgan fingerprint density at radius 2 is 2.16 bits per heavy atom. The van der Waals surface area contributed by atoms with Crippen LogP contribution in [0, 0.1) is 0 Å². The molecule has 0 aliphatic rings. The Balaban J connectivity index is 2.15. The van der Waals surface area contributed by atoms with Crippen LogP contribution in [0.5, 0.6) is 0 Å². The van der Waals surface area contributed by atoms with Crippen LogP contribution in [-0.2, 0) is 0 Å². The van der Waals surface area contributed by atoms with E-state index in [4.69, 9.17) is 5.11 Å². The van der Waals surface area contributed by atoms with Gasteiger partial charge >= 0.3 is 6.03 Å². The summed E-state index contributed by atoms with van der Waals surface area (Å²) in [5.74, 6) is 0. The van der Waals surface area contributed by atoms with Gasteiger partial charge in [-0.1, -0.05) is 25.1 Å². The number of pyridine rings is 1. The van der Waals surface area contributed by atoms with Crippen LogP contribution in [-0.4, -0.2) is 28.8 Å². The van der Waals surface area contributed by atoms with Crippen LogP contribution >= 0.6 is 0 Å². The number of para-hydroxylation sites is 1. The van der Waals surface area contributed by atoms with Crippen molar-refractivity contribution in [3.63, 3.8) is 0 Å².